The molecule has 0 aliphatic carbocycles. The van der Waals surface area contributed by atoms with E-state index in [0.29, 0.717) is 6.07 Å². The van der Waals surface area contributed by atoms with E-state index in [1.54, 1.807) is 0 Å². The molecular formula is C12H4F5NO2. The van der Waals surface area contributed by atoms with Crippen molar-refractivity contribution >= 4 is 5.97 Å². The van der Waals surface area contributed by atoms with Crippen LogP contribution in [0.25, 0.3) is 0 Å². The molecule has 0 bridgehead atoms. The third kappa shape index (κ3) is 2.58. The number of nitrogens with zero attached hydrogens (tertiary/aromatic N) is 1. The first-order valence-electron chi connectivity index (χ1n) is 5.06. The molecule has 104 valence electrons. The van der Waals surface area contributed by atoms with Crippen LogP contribution in [0.4, 0.5) is 22.0 Å². The Labute approximate surface area is 108 Å². The Morgan fingerprint density at radius 1 is 0.950 bits per heavy atom. The van der Waals surface area contributed by atoms with E-state index in [4.69, 9.17) is 0 Å². The number of aromatic nitrogens is 1. The van der Waals surface area contributed by atoms with Gasteiger partial charge < -0.3 is 4.74 Å². The van der Waals surface area contributed by atoms with Crippen LogP contribution < -0.4 is 4.74 Å². The molecule has 0 fully saturated rings. The maximum Gasteiger partial charge on any atom is 0.345 e. The van der Waals surface area contributed by atoms with Gasteiger partial charge in [0.05, 0.1) is 11.8 Å². The summed E-state index contributed by atoms with van der Waals surface area (Å²) in [5, 5.41) is 0. The molecule has 8 heteroatoms. The number of esters is 1. The van der Waals surface area contributed by atoms with Gasteiger partial charge in [-0.1, -0.05) is 0 Å². The predicted molar refractivity (Wildman–Crippen MR) is 55.4 cm³/mol. The molecule has 0 N–H and O–H groups in total. The fourth-order valence-electron chi connectivity index (χ4n) is 1.32. The van der Waals surface area contributed by atoms with Crippen molar-refractivity contribution in [1.29, 1.82) is 0 Å². The molecule has 0 radical (unpaired) electrons. The summed E-state index contributed by atoms with van der Waals surface area (Å²) in [5.74, 6) is -11.1. The van der Waals surface area contributed by atoms with E-state index in [2.05, 4.69) is 9.72 Å². The molecule has 2 aromatic rings. The number of carbonyl (C=O) groups is 1. The van der Waals surface area contributed by atoms with Gasteiger partial charge in [0, 0.05) is 12.3 Å². The van der Waals surface area contributed by atoms with Gasteiger partial charge in [-0.15, -0.1) is 0 Å². The fourth-order valence-corrected chi connectivity index (χ4v) is 1.32. The van der Waals surface area contributed by atoms with E-state index in [-0.39, 0.29) is 6.07 Å². The zero-order valence-corrected chi connectivity index (χ0v) is 9.46. The monoisotopic (exact) mass is 288 g/mol. The highest BCUT2D eigenvalue weighted by Gasteiger charge is 2.23. The Morgan fingerprint density at radius 3 is 2.10 bits per heavy atom. The van der Waals surface area contributed by atoms with E-state index < -0.39 is 46.4 Å². The highest BCUT2D eigenvalue weighted by molar-refractivity contribution is 5.90. The van der Waals surface area contributed by atoms with E-state index in [9.17, 15) is 26.7 Å². The summed E-state index contributed by atoms with van der Waals surface area (Å²) >= 11 is 0. The third-order valence-electron chi connectivity index (χ3n) is 2.21. The van der Waals surface area contributed by atoms with Crippen LogP contribution in [0.1, 0.15) is 10.4 Å². The van der Waals surface area contributed by atoms with Crippen molar-refractivity contribution < 1.29 is 31.5 Å². The number of halogens is 5. The minimum Gasteiger partial charge on any atom is -0.416 e. The van der Waals surface area contributed by atoms with Crippen molar-refractivity contribution in [3.05, 3.63) is 59.2 Å². The smallest absolute Gasteiger partial charge is 0.345 e. The molecule has 0 amide bonds. The number of ether oxygens (including phenoxy) is 1. The van der Waals surface area contributed by atoms with Gasteiger partial charge in [0.2, 0.25) is 17.4 Å². The van der Waals surface area contributed by atoms with Gasteiger partial charge in [-0.2, -0.15) is 8.78 Å². The van der Waals surface area contributed by atoms with Crippen LogP contribution in [0.3, 0.4) is 0 Å². The van der Waals surface area contributed by atoms with Gasteiger partial charge in [-0.3, -0.25) is 4.98 Å². The molecule has 1 aromatic carbocycles. The average molecular weight is 288 g/mol. The van der Waals surface area contributed by atoms with Crippen molar-refractivity contribution in [2.75, 3.05) is 0 Å². The van der Waals surface area contributed by atoms with Crippen LogP contribution in [0.15, 0.2) is 24.5 Å². The molecular weight excluding hydrogens is 284 g/mol. The number of benzene rings is 1. The second-order valence-corrected chi connectivity index (χ2v) is 3.58. The molecule has 3 nitrogen and oxygen atoms in total. The van der Waals surface area contributed by atoms with Gasteiger partial charge in [0.1, 0.15) is 5.82 Å². The van der Waals surface area contributed by atoms with E-state index in [0.717, 1.165) is 12.4 Å². The maximum atomic E-state index is 13.2. The fraction of sp³-hybridized carbons (Fsp3) is 0. The number of pyridine rings is 1. The summed E-state index contributed by atoms with van der Waals surface area (Å²) in [6.45, 7) is 0. The van der Waals surface area contributed by atoms with Crippen molar-refractivity contribution in [2.45, 2.75) is 0 Å². The molecule has 0 saturated heterocycles. The first-order valence-corrected chi connectivity index (χ1v) is 5.06. The largest absolute Gasteiger partial charge is 0.416 e. The second-order valence-electron chi connectivity index (χ2n) is 3.58. The Balaban J connectivity index is 2.38. The summed E-state index contributed by atoms with van der Waals surface area (Å²) in [7, 11) is 0. The Hall–Kier alpha value is -2.51. The van der Waals surface area contributed by atoms with Gasteiger partial charge in [0.15, 0.2) is 11.6 Å². The summed E-state index contributed by atoms with van der Waals surface area (Å²) in [4.78, 5) is 14.8. The molecule has 20 heavy (non-hydrogen) atoms. The van der Waals surface area contributed by atoms with Crippen LogP contribution in [-0.2, 0) is 0 Å². The van der Waals surface area contributed by atoms with Crippen LogP contribution in [0.5, 0.6) is 5.75 Å². The molecule has 0 atom stereocenters. The van der Waals surface area contributed by atoms with Gasteiger partial charge in [-0.05, 0) is 6.07 Å². The normalized spacial score (nSPS) is 10.4. The Kier molecular flexibility index (Phi) is 3.64. The molecule has 1 aromatic heterocycles. The number of rotatable bonds is 2. The molecule has 2 rings (SSSR count). The number of carbonyl (C=O) groups excluding carboxylic acids is 1. The number of hydrogen-bond acceptors (Lipinski definition) is 3. The first-order chi connectivity index (χ1) is 9.40. The van der Waals surface area contributed by atoms with Crippen molar-refractivity contribution in [3.63, 3.8) is 0 Å². The zero-order chi connectivity index (χ0) is 14.9. The minimum atomic E-state index is -1.87. The Bertz CT molecular complexity index is 664. The number of hydrogen-bond donors (Lipinski definition) is 0. The molecule has 0 spiro atoms. The maximum absolute atomic E-state index is 13.2. The summed E-state index contributed by atoms with van der Waals surface area (Å²) in [6, 6.07) is 0.645. The SMILES string of the molecule is O=C(Oc1c(F)c(F)cc(F)c1F)c1cncc([18F])c1. The predicted octanol–water partition coefficient (Wildman–Crippen LogP) is 3.00. The lowest BCUT2D eigenvalue weighted by Gasteiger charge is -2.07. The minimum absolute atomic E-state index is 0.0360. The lowest BCUT2D eigenvalue weighted by Crippen LogP contribution is -2.13. The second kappa shape index (κ2) is 5.24. The third-order valence-corrected chi connectivity index (χ3v) is 2.21. The lowest BCUT2D eigenvalue weighted by molar-refractivity contribution is 0.0716. The van der Waals surface area contributed by atoms with Crippen molar-refractivity contribution in [2.24, 2.45) is 0 Å². The summed E-state index contributed by atoms with van der Waals surface area (Å²) < 4.78 is 69.3. The molecule has 1 heterocycles. The van der Waals surface area contributed by atoms with Crippen molar-refractivity contribution in [1.82, 2.24) is 4.98 Å². The lowest BCUT2D eigenvalue weighted by atomic mass is 10.2. The average Bonchev–Trinajstić information content (AvgIpc) is 2.41. The molecule has 0 unspecified atom stereocenters. The highest BCUT2D eigenvalue weighted by atomic mass is 19.2. The van der Waals surface area contributed by atoms with Crippen LogP contribution in [0.2, 0.25) is 0 Å². The Morgan fingerprint density at radius 2 is 1.55 bits per heavy atom. The van der Waals surface area contributed by atoms with Crippen molar-refractivity contribution in [3.8, 4) is 5.75 Å². The standard InChI is InChI=1S/C12H4F5NO2/c13-6-1-5(3-18-4-6)12(19)20-11-9(16)7(14)2-8(15)10(11)17/h1-4H/i13-1. The first kappa shape index (κ1) is 13.9. The van der Waals surface area contributed by atoms with Crippen LogP contribution in [0, 0.1) is 29.1 Å². The van der Waals surface area contributed by atoms with Gasteiger partial charge >= 0.3 is 5.97 Å². The van der Waals surface area contributed by atoms with E-state index in [1.807, 2.05) is 0 Å². The highest BCUT2D eigenvalue weighted by Crippen LogP contribution is 2.27. The zero-order valence-electron chi connectivity index (χ0n) is 9.46. The van der Waals surface area contributed by atoms with Gasteiger partial charge in [0.25, 0.3) is 0 Å². The van der Waals surface area contributed by atoms with Crippen LogP contribution >= 0.6 is 0 Å². The van der Waals surface area contributed by atoms with E-state index in [1.165, 1.54) is 0 Å². The van der Waals surface area contributed by atoms with Gasteiger partial charge in [-0.25, -0.2) is 18.0 Å². The van der Waals surface area contributed by atoms with E-state index >= 15 is 0 Å². The van der Waals surface area contributed by atoms with Crippen LogP contribution in [-0.4, -0.2) is 11.0 Å². The summed E-state index contributed by atoms with van der Waals surface area (Å²) in [6.07, 6.45) is 1.64. The topological polar surface area (TPSA) is 39.2 Å². The molecule has 0 aliphatic rings. The molecule has 0 saturated carbocycles. The molecule has 0 aliphatic heterocycles. The quantitative estimate of drug-likeness (QED) is 0.369. The summed E-state index contributed by atoms with van der Waals surface area (Å²) in [5.41, 5.74) is -0.478.